The van der Waals surface area contributed by atoms with E-state index in [1.54, 1.807) is 0 Å². The zero-order chi connectivity index (χ0) is 18.4. The lowest BCUT2D eigenvalue weighted by atomic mass is 9.86. The van der Waals surface area contributed by atoms with Crippen molar-refractivity contribution in [3.05, 3.63) is 22.7 Å². The molecule has 0 radical (unpaired) electrons. The molecule has 0 saturated heterocycles. The minimum atomic E-state index is -0.647. The van der Waals surface area contributed by atoms with Crippen LogP contribution >= 0.6 is 11.6 Å². The molecule has 7 nitrogen and oxygen atoms in total. The third-order valence-electron chi connectivity index (χ3n) is 4.24. The zero-order valence-corrected chi connectivity index (χ0v) is 14.8. The summed E-state index contributed by atoms with van der Waals surface area (Å²) in [5, 5.41) is 12.9. The predicted octanol–water partition coefficient (Wildman–Crippen LogP) is 1.49. The van der Waals surface area contributed by atoms with Gasteiger partial charge in [-0.25, -0.2) is 0 Å². The average molecular weight is 371 g/mol. The van der Waals surface area contributed by atoms with Gasteiger partial charge in [-0.1, -0.05) is 24.4 Å². The van der Waals surface area contributed by atoms with Crippen LogP contribution in [0.15, 0.2) is 12.1 Å². The Morgan fingerprint density at radius 3 is 2.72 bits per heavy atom. The molecule has 2 atom stereocenters. The van der Waals surface area contributed by atoms with Gasteiger partial charge in [0.25, 0.3) is 11.8 Å². The SMILES string of the molecule is COc1cc(C(=O)NCC2CCCCC2O)cc(Cl)c1OCC(N)=O. The normalized spacial score (nSPS) is 20.0. The molecule has 2 amide bonds. The number of methoxy groups -OCH3 is 1. The first-order valence-electron chi connectivity index (χ1n) is 8.17. The largest absolute Gasteiger partial charge is 0.493 e. The Bertz CT molecular complexity index is 638. The summed E-state index contributed by atoms with van der Waals surface area (Å²) in [5.41, 5.74) is 5.35. The Labute approximate surface area is 151 Å². The second kappa shape index (κ2) is 8.92. The topological polar surface area (TPSA) is 111 Å². The summed E-state index contributed by atoms with van der Waals surface area (Å²) in [5.74, 6) is -0.516. The van der Waals surface area contributed by atoms with Gasteiger partial charge in [0.2, 0.25) is 0 Å². The fourth-order valence-corrected chi connectivity index (χ4v) is 3.15. The Hall–Kier alpha value is -1.99. The lowest BCUT2D eigenvalue weighted by Crippen LogP contribution is -2.36. The first-order valence-corrected chi connectivity index (χ1v) is 8.55. The van der Waals surface area contributed by atoms with Gasteiger partial charge in [-0.2, -0.15) is 0 Å². The van der Waals surface area contributed by atoms with Crippen LogP contribution in [0.4, 0.5) is 0 Å². The Morgan fingerprint density at radius 1 is 1.36 bits per heavy atom. The van der Waals surface area contributed by atoms with Gasteiger partial charge in [0.1, 0.15) is 0 Å². The second-order valence-electron chi connectivity index (χ2n) is 6.07. The summed E-state index contributed by atoms with van der Waals surface area (Å²) in [7, 11) is 1.41. The number of amides is 2. The standard InChI is InChI=1S/C17H23ClN2O5/c1-24-14-7-11(6-12(18)16(14)25-9-15(19)22)17(23)20-8-10-4-2-3-5-13(10)21/h6-7,10,13,21H,2-5,8-9H2,1H3,(H2,19,22)(H,20,23). The second-order valence-corrected chi connectivity index (χ2v) is 6.47. The number of carbonyl (C=O) groups excluding carboxylic acids is 2. The van der Waals surface area contributed by atoms with Crippen molar-refractivity contribution in [3.63, 3.8) is 0 Å². The molecule has 0 aliphatic heterocycles. The number of rotatable bonds is 7. The molecule has 2 unspecified atom stereocenters. The van der Waals surface area contributed by atoms with Crippen LogP contribution < -0.4 is 20.5 Å². The number of nitrogens with two attached hydrogens (primary N) is 1. The Kier molecular flexibility index (Phi) is 6.90. The van der Waals surface area contributed by atoms with Gasteiger partial charge in [0.15, 0.2) is 18.1 Å². The molecule has 0 aromatic heterocycles. The molecule has 1 aromatic rings. The third-order valence-corrected chi connectivity index (χ3v) is 4.52. The molecule has 0 bridgehead atoms. The quantitative estimate of drug-likeness (QED) is 0.673. The van der Waals surface area contributed by atoms with Crippen molar-refractivity contribution < 1.29 is 24.2 Å². The number of nitrogens with one attached hydrogen (secondary N) is 1. The van der Waals surface area contributed by atoms with Crippen LogP contribution in [-0.2, 0) is 4.79 Å². The van der Waals surface area contributed by atoms with E-state index in [0.29, 0.717) is 12.1 Å². The highest BCUT2D eigenvalue weighted by Crippen LogP contribution is 2.36. The Morgan fingerprint density at radius 2 is 2.08 bits per heavy atom. The number of aliphatic hydroxyl groups excluding tert-OH is 1. The number of benzene rings is 1. The van der Waals surface area contributed by atoms with E-state index in [1.165, 1.54) is 19.2 Å². The van der Waals surface area contributed by atoms with Gasteiger partial charge in [-0.3, -0.25) is 9.59 Å². The summed E-state index contributed by atoms with van der Waals surface area (Å²) < 4.78 is 10.4. The average Bonchev–Trinajstić information content (AvgIpc) is 2.58. The molecule has 1 aliphatic rings. The maximum absolute atomic E-state index is 12.4. The van der Waals surface area contributed by atoms with E-state index in [0.717, 1.165) is 25.7 Å². The molecule has 138 valence electrons. The summed E-state index contributed by atoms with van der Waals surface area (Å²) in [4.78, 5) is 23.2. The molecule has 1 aliphatic carbocycles. The molecule has 1 saturated carbocycles. The minimum absolute atomic E-state index is 0.0632. The number of ether oxygens (including phenoxy) is 2. The van der Waals surface area contributed by atoms with Gasteiger partial charge in [0, 0.05) is 18.0 Å². The summed E-state index contributed by atoms with van der Waals surface area (Å²) >= 11 is 6.14. The smallest absolute Gasteiger partial charge is 0.255 e. The van der Waals surface area contributed by atoms with Crippen LogP contribution in [0, 0.1) is 5.92 Å². The summed E-state index contributed by atoms with van der Waals surface area (Å²) in [6.07, 6.45) is 3.36. The van der Waals surface area contributed by atoms with E-state index >= 15 is 0 Å². The van der Waals surface area contributed by atoms with Crippen molar-refractivity contribution in [2.24, 2.45) is 11.7 Å². The summed E-state index contributed by atoms with van der Waals surface area (Å²) in [6, 6.07) is 2.92. The monoisotopic (exact) mass is 370 g/mol. The van der Waals surface area contributed by atoms with E-state index in [2.05, 4.69) is 5.32 Å². The first kappa shape index (κ1) is 19.3. The summed E-state index contributed by atoms with van der Waals surface area (Å²) in [6.45, 7) is 0.0566. The van der Waals surface area contributed by atoms with Gasteiger partial charge in [0.05, 0.1) is 18.2 Å². The van der Waals surface area contributed by atoms with Gasteiger partial charge in [-0.15, -0.1) is 0 Å². The van der Waals surface area contributed by atoms with E-state index in [9.17, 15) is 14.7 Å². The van der Waals surface area contributed by atoms with Crippen molar-refractivity contribution in [3.8, 4) is 11.5 Å². The van der Waals surface area contributed by atoms with Crippen molar-refractivity contribution >= 4 is 23.4 Å². The maximum Gasteiger partial charge on any atom is 0.255 e. The number of hydrogen-bond donors (Lipinski definition) is 3. The van der Waals surface area contributed by atoms with Crippen molar-refractivity contribution in [2.75, 3.05) is 20.3 Å². The van der Waals surface area contributed by atoms with Crippen molar-refractivity contribution in [1.82, 2.24) is 5.32 Å². The van der Waals surface area contributed by atoms with Gasteiger partial charge >= 0.3 is 0 Å². The van der Waals surface area contributed by atoms with E-state index in [1.807, 2.05) is 0 Å². The van der Waals surface area contributed by atoms with Crippen molar-refractivity contribution in [1.29, 1.82) is 0 Å². The van der Waals surface area contributed by atoms with Crippen LogP contribution in [-0.4, -0.2) is 43.3 Å². The van der Waals surface area contributed by atoms with Gasteiger partial charge < -0.3 is 25.6 Å². The fourth-order valence-electron chi connectivity index (χ4n) is 2.89. The molecule has 0 heterocycles. The molecule has 4 N–H and O–H groups in total. The molecule has 1 aromatic carbocycles. The van der Waals surface area contributed by atoms with Crippen LogP contribution in [0.2, 0.25) is 5.02 Å². The highest BCUT2D eigenvalue weighted by Gasteiger charge is 2.24. The fraction of sp³-hybridized carbons (Fsp3) is 0.529. The molecule has 0 spiro atoms. The number of hydrogen-bond acceptors (Lipinski definition) is 5. The van der Waals surface area contributed by atoms with Crippen LogP contribution in [0.3, 0.4) is 0 Å². The highest BCUT2D eigenvalue weighted by molar-refractivity contribution is 6.32. The lowest BCUT2D eigenvalue weighted by Gasteiger charge is -2.27. The van der Waals surface area contributed by atoms with E-state index in [4.69, 9.17) is 26.8 Å². The van der Waals surface area contributed by atoms with E-state index < -0.39 is 5.91 Å². The number of primary amides is 1. The molecule has 8 heteroatoms. The zero-order valence-electron chi connectivity index (χ0n) is 14.1. The number of aliphatic hydroxyl groups is 1. The molecular formula is C17H23ClN2O5. The van der Waals surface area contributed by atoms with Crippen LogP contribution in [0.25, 0.3) is 0 Å². The first-order chi connectivity index (χ1) is 11.9. The van der Waals surface area contributed by atoms with Gasteiger partial charge in [-0.05, 0) is 25.0 Å². The molecule has 2 rings (SSSR count). The third kappa shape index (κ3) is 5.24. The highest BCUT2D eigenvalue weighted by atomic mass is 35.5. The molecule has 25 heavy (non-hydrogen) atoms. The lowest BCUT2D eigenvalue weighted by molar-refractivity contribution is -0.119. The number of carbonyl (C=O) groups is 2. The van der Waals surface area contributed by atoms with Crippen LogP contribution in [0.1, 0.15) is 36.0 Å². The maximum atomic E-state index is 12.4. The number of halogens is 1. The van der Waals surface area contributed by atoms with Crippen LogP contribution in [0.5, 0.6) is 11.5 Å². The van der Waals surface area contributed by atoms with Crippen molar-refractivity contribution in [2.45, 2.75) is 31.8 Å². The molecule has 1 fully saturated rings. The minimum Gasteiger partial charge on any atom is -0.493 e. The van der Waals surface area contributed by atoms with E-state index in [-0.39, 0.29) is 41.1 Å². The predicted molar refractivity (Wildman–Crippen MR) is 93.0 cm³/mol. The molecular weight excluding hydrogens is 348 g/mol. The Balaban J connectivity index is 2.06.